The van der Waals surface area contributed by atoms with Gasteiger partial charge >= 0.3 is 0 Å². The molecule has 0 radical (unpaired) electrons. The van der Waals surface area contributed by atoms with Gasteiger partial charge in [0.15, 0.2) is 6.29 Å². The standard InChI is InChI=1S/C36H64O6S/c1-3-4-5-6-7-8-9-10-11-12-13-14-15-18-21-24-36-40-32-34(42-36)31-39-29-22-19-16-17-20-23-30-41-43(37,38)35-27-25-33(2)26-28-35/h25-28,34,36H,3-24,29-32H2,1-2H3/t34-,36-/m1/s1. The number of rotatable bonds is 29. The van der Waals surface area contributed by atoms with Crippen LogP contribution >= 0.6 is 0 Å². The van der Waals surface area contributed by atoms with Gasteiger partial charge in [0, 0.05) is 6.61 Å². The van der Waals surface area contributed by atoms with E-state index in [2.05, 4.69) is 6.92 Å². The van der Waals surface area contributed by atoms with Gasteiger partial charge in [0.2, 0.25) is 0 Å². The van der Waals surface area contributed by atoms with Gasteiger partial charge in [0.25, 0.3) is 10.1 Å². The zero-order valence-electron chi connectivity index (χ0n) is 27.7. The van der Waals surface area contributed by atoms with Crippen LogP contribution in [0.25, 0.3) is 0 Å². The minimum atomic E-state index is -3.65. The van der Waals surface area contributed by atoms with Crippen molar-refractivity contribution < 1.29 is 26.8 Å². The molecule has 1 aromatic rings. The third kappa shape index (κ3) is 19.9. The van der Waals surface area contributed by atoms with E-state index in [-0.39, 0.29) is 23.9 Å². The van der Waals surface area contributed by atoms with Gasteiger partial charge < -0.3 is 14.2 Å². The van der Waals surface area contributed by atoms with Crippen LogP contribution in [0.4, 0.5) is 0 Å². The molecule has 1 aliphatic heterocycles. The summed E-state index contributed by atoms with van der Waals surface area (Å²) < 4.78 is 47.2. The maximum Gasteiger partial charge on any atom is 0.296 e. The second-order valence-electron chi connectivity index (χ2n) is 12.5. The topological polar surface area (TPSA) is 71.1 Å². The molecule has 0 saturated carbocycles. The Balaban J connectivity index is 1.29. The lowest BCUT2D eigenvalue weighted by Crippen LogP contribution is -2.19. The number of hydrogen-bond acceptors (Lipinski definition) is 6. The molecule has 43 heavy (non-hydrogen) atoms. The molecule has 7 heteroatoms. The monoisotopic (exact) mass is 624 g/mol. The summed E-state index contributed by atoms with van der Waals surface area (Å²) in [7, 11) is -3.65. The van der Waals surface area contributed by atoms with E-state index in [1.54, 1.807) is 24.3 Å². The second-order valence-corrected chi connectivity index (χ2v) is 14.2. The van der Waals surface area contributed by atoms with E-state index in [4.69, 9.17) is 18.4 Å². The van der Waals surface area contributed by atoms with Crippen molar-refractivity contribution in [3.63, 3.8) is 0 Å². The molecule has 250 valence electrons. The maximum atomic E-state index is 12.2. The number of aryl methyl sites for hydroxylation is 1. The van der Waals surface area contributed by atoms with Crippen LogP contribution in [0.5, 0.6) is 0 Å². The van der Waals surface area contributed by atoms with Gasteiger partial charge in [-0.3, -0.25) is 4.18 Å². The molecule has 0 amide bonds. The van der Waals surface area contributed by atoms with Crippen molar-refractivity contribution >= 4 is 10.1 Å². The first-order valence-electron chi connectivity index (χ1n) is 17.8. The summed E-state index contributed by atoms with van der Waals surface area (Å²) >= 11 is 0. The molecular weight excluding hydrogens is 560 g/mol. The third-order valence-corrected chi connectivity index (χ3v) is 9.72. The maximum absolute atomic E-state index is 12.2. The smallest absolute Gasteiger partial charge is 0.296 e. The summed E-state index contributed by atoms with van der Waals surface area (Å²) in [6, 6.07) is 6.76. The van der Waals surface area contributed by atoms with Crippen LogP contribution in [-0.4, -0.2) is 47.2 Å². The van der Waals surface area contributed by atoms with Crippen molar-refractivity contribution in [2.45, 2.75) is 172 Å². The van der Waals surface area contributed by atoms with Crippen molar-refractivity contribution in [3.05, 3.63) is 29.8 Å². The van der Waals surface area contributed by atoms with Crippen molar-refractivity contribution in [1.82, 2.24) is 0 Å². The van der Waals surface area contributed by atoms with E-state index in [0.29, 0.717) is 13.2 Å². The molecule has 2 rings (SSSR count). The van der Waals surface area contributed by atoms with E-state index >= 15 is 0 Å². The number of ether oxygens (including phenoxy) is 3. The zero-order chi connectivity index (χ0) is 30.9. The van der Waals surface area contributed by atoms with Crippen molar-refractivity contribution in [2.75, 3.05) is 26.4 Å². The molecule has 1 aromatic carbocycles. The Morgan fingerprint density at radius 3 is 1.72 bits per heavy atom. The summed E-state index contributed by atoms with van der Waals surface area (Å²) in [6.07, 6.45) is 27.9. The van der Waals surface area contributed by atoms with Crippen molar-refractivity contribution in [1.29, 1.82) is 0 Å². The fourth-order valence-electron chi connectivity index (χ4n) is 5.60. The van der Waals surface area contributed by atoms with E-state index in [1.807, 2.05) is 6.92 Å². The number of hydrogen-bond donors (Lipinski definition) is 0. The van der Waals surface area contributed by atoms with Gasteiger partial charge in [-0.05, 0) is 44.7 Å². The number of unbranched alkanes of at least 4 members (excludes halogenated alkanes) is 19. The van der Waals surface area contributed by atoms with E-state index in [9.17, 15) is 8.42 Å². The lowest BCUT2D eigenvalue weighted by molar-refractivity contribution is -0.0761. The molecule has 0 bridgehead atoms. The molecule has 0 aliphatic carbocycles. The Labute approximate surface area is 265 Å². The first-order valence-corrected chi connectivity index (χ1v) is 19.2. The molecule has 1 heterocycles. The Bertz CT molecular complexity index is 872. The average molecular weight is 625 g/mol. The average Bonchev–Trinajstić information content (AvgIpc) is 3.45. The quantitative estimate of drug-likeness (QED) is 0.0652. The minimum Gasteiger partial charge on any atom is -0.379 e. The Morgan fingerprint density at radius 1 is 0.674 bits per heavy atom. The summed E-state index contributed by atoms with van der Waals surface area (Å²) in [5.74, 6) is 0. The second kappa shape index (κ2) is 25.2. The van der Waals surface area contributed by atoms with Gasteiger partial charge in [0.1, 0.15) is 6.10 Å². The first kappa shape index (κ1) is 38.2. The highest BCUT2D eigenvalue weighted by molar-refractivity contribution is 7.86. The summed E-state index contributed by atoms with van der Waals surface area (Å²) in [4.78, 5) is 0.225. The van der Waals surface area contributed by atoms with Crippen molar-refractivity contribution in [2.24, 2.45) is 0 Å². The fourth-order valence-corrected chi connectivity index (χ4v) is 6.54. The largest absolute Gasteiger partial charge is 0.379 e. The molecule has 1 fully saturated rings. The zero-order valence-corrected chi connectivity index (χ0v) is 28.5. The van der Waals surface area contributed by atoms with Crippen LogP contribution in [0.3, 0.4) is 0 Å². The summed E-state index contributed by atoms with van der Waals surface area (Å²) in [6.45, 7) is 6.46. The van der Waals surface area contributed by atoms with Crippen LogP contribution in [0.1, 0.15) is 154 Å². The lowest BCUT2D eigenvalue weighted by Gasteiger charge is -2.12. The predicted molar refractivity (Wildman–Crippen MR) is 177 cm³/mol. The molecule has 1 aliphatic rings. The molecule has 0 unspecified atom stereocenters. The predicted octanol–water partition coefficient (Wildman–Crippen LogP) is 10.1. The molecule has 2 atom stereocenters. The van der Waals surface area contributed by atoms with Gasteiger partial charge in [-0.15, -0.1) is 0 Å². The van der Waals surface area contributed by atoms with Gasteiger partial charge in [0.05, 0.1) is 24.7 Å². The number of benzene rings is 1. The molecule has 0 aromatic heterocycles. The van der Waals surface area contributed by atoms with E-state index in [0.717, 1.165) is 57.1 Å². The van der Waals surface area contributed by atoms with E-state index in [1.165, 1.54) is 96.3 Å². The molecule has 1 saturated heterocycles. The Kier molecular flexibility index (Phi) is 22.4. The van der Waals surface area contributed by atoms with Gasteiger partial charge in [-0.25, -0.2) is 0 Å². The van der Waals surface area contributed by atoms with Crippen LogP contribution in [0.2, 0.25) is 0 Å². The summed E-state index contributed by atoms with van der Waals surface area (Å²) in [5.41, 5.74) is 1.03. The van der Waals surface area contributed by atoms with Crippen LogP contribution in [0.15, 0.2) is 29.2 Å². The highest BCUT2D eigenvalue weighted by Gasteiger charge is 2.25. The highest BCUT2D eigenvalue weighted by Crippen LogP contribution is 2.20. The molecule has 6 nitrogen and oxygen atoms in total. The lowest BCUT2D eigenvalue weighted by atomic mass is 10.0. The highest BCUT2D eigenvalue weighted by atomic mass is 32.2. The Morgan fingerprint density at radius 2 is 1.16 bits per heavy atom. The minimum absolute atomic E-state index is 0.0496. The van der Waals surface area contributed by atoms with E-state index < -0.39 is 10.1 Å². The molecule has 0 spiro atoms. The van der Waals surface area contributed by atoms with Crippen LogP contribution in [0, 0.1) is 6.92 Å². The SMILES string of the molecule is CCCCCCCCCCCCCCCCC[C@@H]1OC[C@@H](COCCCCCCCCOS(=O)(=O)c2ccc(C)cc2)O1. The Hall–Kier alpha value is -0.990. The van der Waals surface area contributed by atoms with Crippen LogP contribution < -0.4 is 0 Å². The molecule has 0 N–H and O–H groups in total. The van der Waals surface area contributed by atoms with Gasteiger partial charge in [-0.1, -0.05) is 140 Å². The van der Waals surface area contributed by atoms with Crippen LogP contribution in [-0.2, 0) is 28.5 Å². The normalized spacial score (nSPS) is 17.2. The van der Waals surface area contributed by atoms with Crippen molar-refractivity contribution in [3.8, 4) is 0 Å². The first-order chi connectivity index (χ1) is 21.0. The fraction of sp³-hybridized carbons (Fsp3) is 0.833. The van der Waals surface area contributed by atoms with Gasteiger partial charge in [-0.2, -0.15) is 8.42 Å². The molecular formula is C36H64O6S. The summed E-state index contributed by atoms with van der Waals surface area (Å²) in [5, 5.41) is 0. The third-order valence-electron chi connectivity index (χ3n) is 8.39.